The fourth-order valence-electron chi connectivity index (χ4n) is 4.60. The van der Waals surface area contributed by atoms with Gasteiger partial charge in [0.15, 0.2) is 5.75 Å². The number of hydrogen-bond acceptors (Lipinski definition) is 8. The molecule has 3 N–H and O–H groups in total. The Balaban J connectivity index is 1.64. The van der Waals surface area contributed by atoms with Crippen LogP contribution in [0.15, 0.2) is 61.1 Å². The van der Waals surface area contributed by atoms with Crippen molar-refractivity contribution < 1.29 is 29.3 Å². The third kappa shape index (κ3) is 6.61. The highest BCUT2D eigenvalue weighted by Crippen LogP contribution is 2.35. The molecule has 2 heterocycles. The number of likely N-dealkylation sites (N-methyl/N-ethyl adjacent to an activating group) is 1. The zero-order valence-corrected chi connectivity index (χ0v) is 22.7. The van der Waals surface area contributed by atoms with Gasteiger partial charge in [-0.1, -0.05) is 25.1 Å². The van der Waals surface area contributed by atoms with Gasteiger partial charge in [-0.15, -0.1) is 0 Å². The van der Waals surface area contributed by atoms with Gasteiger partial charge in [0.2, 0.25) is 0 Å². The van der Waals surface area contributed by atoms with Crippen LogP contribution in [0.4, 0.5) is 5.69 Å². The second-order valence-corrected chi connectivity index (χ2v) is 10.0. The zero-order chi connectivity index (χ0) is 28.8. The minimum atomic E-state index is -0.978. The van der Waals surface area contributed by atoms with Crippen LogP contribution in [0.5, 0.6) is 5.75 Å². The second-order valence-electron chi connectivity index (χ2n) is 10.0. The number of carbonyl (C=O) groups excluding carboxylic acids is 2. The predicted octanol–water partition coefficient (Wildman–Crippen LogP) is 2.78. The molecule has 0 spiro atoms. The molecule has 0 bridgehead atoms. The first-order chi connectivity index (χ1) is 19.2. The first-order valence-corrected chi connectivity index (χ1v) is 13.0. The van der Waals surface area contributed by atoms with Crippen LogP contribution in [0, 0.1) is 5.92 Å². The standard InChI is InChI=1S/C29H33N5O6/c1-18-14-34(19(2)17-35)28(37)22-5-4-6-23(32-27(36)24-13-30-11-12-31-24)26(22)40-25(18)16-33(3)15-20-7-9-21(10-8-20)29(38)39/h4-13,18-19,25,35H,14-17H2,1-3H3,(H,32,36)(H,38,39)/t18-,19+,25-/m0/s1. The quantitative estimate of drug-likeness (QED) is 0.368. The minimum Gasteiger partial charge on any atom is -0.486 e. The molecule has 0 saturated carbocycles. The second kappa shape index (κ2) is 12.7. The summed E-state index contributed by atoms with van der Waals surface area (Å²) in [6, 6.07) is 11.3. The number of aromatic carboxylic acids is 1. The molecular weight excluding hydrogens is 514 g/mol. The first kappa shape index (κ1) is 28.7. The van der Waals surface area contributed by atoms with E-state index in [0.29, 0.717) is 25.3 Å². The van der Waals surface area contributed by atoms with E-state index in [2.05, 4.69) is 20.2 Å². The van der Waals surface area contributed by atoms with Gasteiger partial charge in [0.1, 0.15) is 11.8 Å². The largest absolute Gasteiger partial charge is 0.486 e. The highest BCUT2D eigenvalue weighted by Gasteiger charge is 2.34. The summed E-state index contributed by atoms with van der Waals surface area (Å²) in [5.41, 5.74) is 1.88. The number of aromatic nitrogens is 2. The van der Waals surface area contributed by atoms with Crippen molar-refractivity contribution in [3.05, 3.63) is 83.4 Å². The number of nitrogens with one attached hydrogen (secondary N) is 1. The van der Waals surface area contributed by atoms with Crippen molar-refractivity contribution in [2.45, 2.75) is 32.5 Å². The van der Waals surface area contributed by atoms with Crippen LogP contribution < -0.4 is 10.1 Å². The van der Waals surface area contributed by atoms with Gasteiger partial charge in [-0.25, -0.2) is 9.78 Å². The molecule has 0 aliphatic carbocycles. The summed E-state index contributed by atoms with van der Waals surface area (Å²) in [6.45, 7) is 4.95. The van der Waals surface area contributed by atoms with Crippen LogP contribution in [0.2, 0.25) is 0 Å². The number of rotatable bonds is 9. The van der Waals surface area contributed by atoms with Crippen molar-refractivity contribution >= 4 is 23.5 Å². The number of anilines is 1. The molecule has 4 rings (SSSR count). The molecule has 2 amide bonds. The third-order valence-electron chi connectivity index (χ3n) is 6.88. The number of nitrogens with zero attached hydrogens (tertiary/aromatic N) is 4. The molecule has 210 valence electrons. The summed E-state index contributed by atoms with van der Waals surface area (Å²) in [4.78, 5) is 49.4. The molecule has 0 fully saturated rings. The normalized spacial score (nSPS) is 17.8. The topological polar surface area (TPSA) is 145 Å². The lowest BCUT2D eigenvalue weighted by Crippen LogP contribution is -2.49. The monoisotopic (exact) mass is 547 g/mol. The maximum atomic E-state index is 13.6. The van der Waals surface area contributed by atoms with Crippen LogP contribution in [0.1, 0.15) is 50.6 Å². The molecule has 40 heavy (non-hydrogen) atoms. The Kier molecular flexibility index (Phi) is 9.08. The summed E-state index contributed by atoms with van der Waals surface area (Å²) in [6.07, 6.45) is 3.84. The number of aliphatic hydroxyl groups excluding tert-OH is 1. The van der Waals surface area contributed by atoms with E-state index in [9.17, 15) is 19.5 Å². The molecule has 11 nitrogen and oxygen atoms in total. The van der Waals surface area contributed by atoms with Crippen LogP contribution in [0.25, 0.3) is 0 Å². The number of carboxylic acid groups (broad SMARTS) is 1. The number of fused-ring (bicyclic) bond motifs is 1. The Morgan fingerprint density at radius 1 is 1.20 bits per heavy atom. The summed E-state index contributed by atoms with van der Waals surface area (Å²) < 4.78 is 6.53. The number of para-hydroxylation sites is 1. The van der Waals surface area contributed by atoms with Gasteiger partial charge in [0.25, 0.3) is 11.8 Å². The fraction of sp³-hybridized carbons (Fsp3) is 0.345. The lowest BCUT2D eigenvalue weighted by atomic mass is 9.98. The number of amides is 2. The zero-order valence-electron chi connectivity index (χ0n) is 22.7. The van der Waals surface area contributed by atoms with Crippen LogP contribution >= 0.6 is 0 Å². The highest BCUT2D eigenvalue weighted by atomic mass is 16.5. The maximum Gasteiger partial charge on any atom is 0.335 e. The summed E-state index contributed by atoms with van der Waals surface area (Å²) in [5, 5.41) is 21.9. The van der Waals surface area contributed by atoms with E-state index in [4.69, 9.17) is 9.84 Å². The Labute approximate surface area is 232 Å². The Morgan fingerprint density at radius 3 is 2.60 bits per heavy atom. The predicted molar refractivity (Wildman–Crippen MR) is 147 cm³/mol. The number of aliphatic hydroxyl groups is 1. The summed E-state index contributed by atoms with van der Waals surface area (Å²) >= 11 is 0. The maximum absolute atomic E-state index is 13.6. The van der Waals surface area contributed by atoms with Crippen LogP contribution in [-0.2, 0) is 6.54 Å². The first-order valence-electron chi connectivity index (χ1n) is 13.0. The summed E-state index contributed by atoms with van der Waals surface area (Å²) in [7, 11) is 1.93. The number of ether oxygens (including phenoxy) is 1. The Hall–Kier alpha value is -4.35. The molecule has 0 radical (unpaired) electrons. The van der Waals surface area contributed by atoms with Crippen molar-refractivity contribution in [1.82, 2.24) is 19.8 Å². The van der Waals surface area contributed by atoms with Crippen molar-refractivity contribution in [2.75, 3.05) is 32.1 Å². The molecule has 1 aromatic heterocycles. The number of benzene rings is 2. The van der Waals surface area contributed by atoms with Gasteiger partial charge in [0, 0.05) is 37.9 Å². The van der Waals surface area contributed by atoms with E-state index in [1.54, 1.807) is 54.3 Å². The van der Waals surface area contributed by atoms with Crippen LogP contribution in [0.3, 0.4) is 0 Å². The van der Waals surface area contributed by atoms with E-state index < -0.39 is 24.0 Å². The number of hydrogen-bond donors (Lipinski definition) is 3. The molecule has 1 aliphatic rings. The Morgan fingerprint density at radius 2 is 1.95 bits per heavy atom. The third-order valence-corrected chi connectivity index (χ3v) is 6.88. The summed E-state index contributed by atoms with van der Waals surface area (Å²) in [5.74, 6) is -1.66. The average molecular weight is 548 g/mol. The minimum absolute atomic E-state index is 0.117. The van der Waals surface area contributed by atoms with Crippen molar-refractivity contribution in [1.29, 1.82) is 0 Å². The van der Waals surface area contributed by atoms with E-state index >= 15 is 0 Å². The van der Waals surface area contributed by atoms with Gasteiger partial charge in [-0.2, -0.15) is 0 Å². The smallest absolute Gasteiger partial charge is 0.335 e. The highest BCUT2D eigenvalue weighted by molar-refractivity contribution is 6.06. The van der Waals surface area contributed by atoms with Crippen molar-refractivity contribution in [2.24, 2.45) is 5.92 Å². The molecular formula is C29H33N5O6. The van der Waals surface area contributed by atoms with E-state index in [1.165, 1.54) is 18.6 Å². The molecule has 3 atom stereocenters. The molecule has 0 unspecified atom stereocenters. The molecule has 0 saturated heterocycles. The average Bonchev–Trinajstić information content (AvgIpc) is 2.95. The molecule has 1 aliphatic heterocycles. The molecule has 2 aromatic carbocycles. The lowest BCUT2D eigenvalue weighted by molar-refractivity contribution is 0.0343. The van der Waals surface area contributed by atoms with Crippen LogP contribution in [-0.4, -0.2) is 86.7 Å². The van der Waals surface area contributed by atoms with E-state index in [1.807, 2.05) is 14.0 Å². The Bertz CT molecular complexity index is 1350. The molecule has 11 heteroatoms. The van der Waals surface area contributed by atoms with Gasteiger partial charge in [0.05, 0.1) is 35.7 Å². The van der Waals surface area contributed by atoms with Crippen molar-refractivity contribution in [3.63, 3.8) is 0 Å². The van der Waals surface area contributed by atoms with E-state index in [0.717, 1.165) is 5.56 Å². The van der Waals surface area contributed by atoms with Gasteiger partial charge in [-0.3, -0.25) is 19.5 Å². The number of carbonyl (C=O) groups is 3. The number of carboxylic acids is 1. The van der Waals surface area contributed by atoms with Gasteiger partial charge in [-0.05, 0) is 43.8 Å². The molecule has 3 aromatic rings. The lowest BCUT2D eigenvalue weighted by Gasteiger charge is -2.38. The van der Waals surface area contributed by atoms with Crippen molar-refractivity contribution in [3.8, 4) is 5.75 Å². The SMILES string of the molecule is C[C@H](CO)N1C[C@H](C)[C@H](CN(C)Cc2ccc(C(=O)O)cc2)Oc2c(NC(=O)c3cnccn3)cccc2C1=O. The fourth-order valence-corrected chi connectivity index (χ4v) is 4.60. The van der Waals surface area contributed by atoms with Gasteiger partial charge >= 0.3 is 5.97 Å². The van der Waals surface area contributed by atoms with Gasteiger partial charge < -0.3 is 25.2 Å². The van der Waals surface area contributed by atoms with E-state index in [-0.39, 0.29) is 41.0 Å².